The number of hydrogen-bond acceptors (Lipinski definition) is 3. The van der Waals surface area contributed by atoms with Gasteiger partial charge in [-0.05, 0) is 56.0 Å². The van der Waals surface area contributed by atoms with E-state index in [4.69, 9.17) is 4.74 Å². The number of amides is 1. The van der Waals surface area contributed by atoms with E-state index in [2.05, 4.69) is 23.1 Å². The number of ether oxygens (including phenoxy) is 1. The minimum Gasteiger partial charge on any atom is -0.491 e. The van der Waals surface area contributed by atoms with Crippen molar-refractivity contribution in [2.75, 3.05) is 26.2 Å². The van der Waals surface area contributed by atoms with Crippen LogP contribution < -0.4 is 4.74 Å². The second-order valence-corrected chi connectivity index (χ2v) is 8.28. The molecule has 1 saturated carbocycles. The molecule has 142 valence electrons. The van der Waals surface area contributed by atoms with Gasteiger partial charge >= 0.3 is 0 Å². The predicted molar refractivity (Wildman–Crippen MR) is 103 cm³/mol. The Hall–Kier alpha value is -1.55. The van der Waals surface area contributed by atoms with E-state index in [1.165, 1.54) is 62.7 Å². The summed E-state index contributed by atoms with van der Waals surface area (Å²) in [6, 6.07) is 6.55. The Morgan fingerprint density at radius 2 is 1.88 bits per heavy atom. The average Bonchev–Trinajstić information content (AvgIpc) is 3.30. The fraction of sp³-hybridized carbons (Fsp3) is 0.682. The third-order valence-electron chi connectivity index (χ3n) is 6.30. The number of carbonyl (C=O) groups excluding carboxylic acids is 1. The fourth-order valence-electron chi connectivity index (χ4n) is 4.74. The zero-order chi connectivity index (χ0) is 17.8. The lowest BCUT2D eigenvalue weighted by atomic mass is 10.0. The second kappa shape index (κ2) is 8.43. The molecule has 1 aromatic rings. The molecule has 3 aliphatic rings. The lowest BCUT2D eigenvalue weighted by Crippen LogP contribution is -2.32. The molecule has 0 radical (unpaired) electrons. The first-order valence-corrected chi connectivity index (χ1v) is 10.5. The summed E-state index contributed by atoms with van der Waals surface area (Å²) in [5, 5.41) is 0. The summed E-state index contributed by atoms with van der Waals surface area (Å²) in [6.07, 6.45) is 9.74. The zero-order valence-electron chi connectivity index (χ0n) is 15.9. The van der Waals surface area contributed by atoms with E-state index in [-0.39, 0.29) is 0 Å². The summed E-state index contributed by atoms with van der Waals surface area (Å²) in [5.41, 5.74) is 2.52. The van der Waals surface area contributed by atoms with Crippen LogP contribution >= 0.6 is 0 Å². The van der Waals surface area contributed by atoms with Crippen LogP contribution in [0.4, 0.5) is 0 Å². The van der Waals surface area contributed by atoms with Gasteiger partial charge in [-0.1, -0.05) is 31.7 Å². The van der Waals surface area contributed by atoms with Crippen molar-refractivity contribution in [2.24, 2.45) is 5.92 Å². The highest BCUT2D eigenvalue weighted by Gasteiger charge is 2.22. The van der Waals surface area contributed by atoms with Gasteiger partial charge in [0.15, 0.2) is 0 Å². The van der Waals surface area contributed by atoms with Gasteiger partial charge in [0.05, 0.1) is 6.54 Å². The van der Waals surface area contributed by atoms with Gasteiger partial charge in [0.1, 0.15) is 12.4 Å². The van der Waals surface area contributed by atoms with Crippen LogP contribution in [0, 0.1) is 5.92 Å². The lowest BCUT2D eigenvalue weighted by molar-refractivity contribution is -0.132. The fourth-order valence-corrected chi connectivity index (χ4v) is 4.74. The Morgan fingerprint density at radius 3 is 2.69 bits per heavy atom. The highest BCUT2D eigenvalue weighted by molar-refractivity contribution is 5.76. The van der Waals surface area contributed by atoms with Gasteiger partial charge in [-0.15, -0.1) is 0 Å². The van der Waals surface area contributed by atoms with E-state index in [0.29, 0.717) is 32.0 Å². The van der Waals surface area contributed by atoms with E-state index in [9.17, 15) is 4.79 Å². The second-order valence-electron chi connectivity index (χ2n) is 8.28. The summed E-state index contributed by atoms with van der Waals surface area (Å²) in [7, 11) is 0. The monoisotopic (exact) mass is 356 g/mol. The summed E-state index contributed by atoms with van der Waals surface area (Å²) in [6.45, 7) is 5.45. The maximum absolute atomic E-state index is 12.7. The summed E-state index contributed by atoms with van der Waals surface area (Å²) >= 11 is 0. The predicted octanol–water partition coefficient (Wildman–Crippen LogP) is 3.97. The third kappa shape index (κ3) is 4.40. The molecule has 2 heterocycles. The van der Waals surface area contributed by atoms with Crippen LogP contribution in [0.3, 0.4) is 0 Å². The van der Waals surface area contributed by atoms with Crippen molar-refractivity contribution in [2.45, 2.75) is 64.5 Å². The van der Waals surface area contributed by atoms with Gasteiger partial charge < -0.3 is 9.64 Å². The molecule has 0 unspecified atom stereocenters. The first-order chi connectivity index (χ1) is 12.8. The van der Waals surface area contributed by atoms with Crippen LogP contribution in [-0.2, 0) is 17.9 Å². The smallest absolute Gasteiger partial charge is 0.222 e. The number of likely N-dealkylation sites (tertiary alicyclic amines) is 1. The molecule has 4 nitrogen and oxygen atoms in total. The Morgan fingerprint density at radius 1 is 1.08 bits per heavy atom. The number of fused-ring (bicyclic) bond motifs is 1. The van der Waals surface area contributed by atoms with Gasteiger partial charge in [0.25, 0.3) is 0 Å². The summed E-state index contributed by atoms with van der Waals surface area (Å²) in [5.74, 6) is 2.04. The van der Waals surface area contributed by atoms with Gasteiger partial charge in [0.2, 0.25) is 5.91 Å². The number of benzene rings is 1. The molecule has 1 saturated heterocycles. The molecule has 1 aromatic carbocycles. The molecule has 0 bridgehead atoms. The van der Waals surface area contributed by atoms with Crippen molar-refractivity contribution < 1.29 is 9.53 Å². The largest absolute Gasteiger partial charge is 0.491 e. The molecule has 4 heteroatoms. The quantitative estimate of drug-likeness (QED) is 0.800. The number of hydrogen-bond donors (Lipinski definition) is 0. The van der Waals surface area contributed by atoms with E-state index in [1.54, 1.807) is 0 Å². The van der Waals surface area contributed by atoms with Crippen LogP contribution in [0.25, 0.3) is 0 Å². The Kier molecular flexibility index (Phi) is 5.78. The van der Waals surface area contributed by atoms with E-state index < -0.39 is 0 Å². The van der Waals surface area contributed by atoms with Crippen LogP contribution in [0.2, 0.25) is 0 Å². The number of rotatable bonds is 5. The summed E-state index contributed by atoms with van der Waals surface area (Å²) in [4.78, 5) is 17.3. The van der Waals surface area contributed by atoms with Crippen molar-refractivity contribution in [1.82, 2.24) is 9.80 Å². The molecule has 0 aromatic heterocycles. The van der Waals surface area contributed by atoms with Crippen LogP contribution in [0.15, 0.2) is 18.2 Å². The topological polar surface area (TPSA) is 32.8 Å². The van der Waals surface area contributed by atoms with Crippen LogP contribution in [-0.4, -0.2) is 41.9 Å². The first-order valence-electron chi connectivity index (χ1n) is 10.5. The maximum atomic E-state index is 12.7. The number of carbonyl (C=O) groups is 1. The van der Waals surface area contributed by atoms with Crippen molar-refractivity contribution in [3.05, 3.63) is 29.3 Å². The van der Waals surface area contributed by atoms with Gasteiger partial charge in [-0.2, -0.15) is 0 Å². The minimum absolute atomic E-state index is 0.304. The molecular formula is C22H32N2O2. The first kappa shape index (κ1) is 17.8. The Labute approximate surface area is 157 Å². The molecule has 26 heavy (non-hydrogen) atoms. The van der Waals surface area contributed by atoms with Gasteiger partial charge in [-0.25, -0.2) is 0 Å². The maximum Gasteiger partial charge on any atom is 0.222 e. The van der Waals surface area contributed by atoms with Crippen LogP contribution in [0.1, 0.15) is 62.5 Å². The molecular weight excluding hydrogens is 324 g/mol. The molecule has 1 amide bonds. The Bertz CT molecular complexity index is 619. The minimum atomic E-state index is 0.304. The van der Waals surface area contributed by atoms with Crippen molar-refractivity contribution >= 4 is 5.91 Å². The van der Waals surface area contributed by atoms with E-state index in [1.807, 2.05) is 4.90 Å². The average molecular weight is 357 g/mol. The van der Waals surface area contributed by atoms with Gasteiger partial charge in [0, 0.05) is 25.1 Å². The standard InChI is InChI=1S/C22H32N2O2/c25-22(10-8-18-5-1-2-6-18)24-13-14-26-21-9-7-19(15-20(21)17-24)16-23-11-3-4-12-23/h7,9,15,18H,1-6,8,10-14,16-17H2. The highest BCUT2D eigenvalue weighted by atomic mass is 16.5. The van der Waals surface area contributed by atoms with E-state index >= 15 is 0 Å². The molecule has 2 fully saturated rings. The molecule has 0 atom stereocenters. The third-order valence-corrected chi connectivity index (χ3v) is 6.30. The molecule has 2 aliphatic heterocycles. The normalized spacial score (nSPS) is 21.5. The van der Waals surface area contributed by atoms with Crippen LogP contribution in [0.5, 0.6) is 5.75 Å². The Balaban J connectivity index is 1.38. The van der Waals surface area contributed by atoms with Crippen molar-refractivity contribution in [1.29, 1.82) is 0 Å². The van der Waals surface area contributed by atoms with E-state index in [0.717, 1.165) is 24.6 Å². The summed E-state index contributed by atoms with van der Waals surface area (Å²) < 4.78 is 5.92. The molecule has 0 N–H and O–H groups in total. The highest BCUT2D eigenvalue weighted by Crippen LogP contribution is 2.30. The molecule has 0 spiro atoms. The zero-order valence-corrected chi connectivity index (χ0v) is 15.9. The van der Waals surface area contributed by atoms with Crippen molar-refractivity contribution in [3.63, 3.8) is 0 Å². The molecule has 4 rings (SSSR count). The SMILES string of the molecule is O=C(CCC1CCCC1)N1CCOc2ccc(CN3CCCC3)cc2C1. The lowest BCUT2D eigenvalue weighted by Gasteiger charge is -2.21. The molecule has 1 aliphatic carbocycles. The van der Waals surface area contributed by atoms with Gasteiger partial charge in [-0.3, -0.25) is 9.69 Å². The van der Waals surface area contributed by atoms with Crippen molar-refractivity contribution in [3.8, 4) is 5.75 Å². The number of nitrogens with zero attached hydrogens (tertiary/aromatic N) is 2.